The van der Waals surface area contributed by atoms with E-state index in [0.717, 1.165) is 35.6 Å². The fourth-order valence-corrected chi connectivity index (χ4v) is 2.97. The van der Waals surface area contributed by atoms with Gasteiger partial charge in [-0.1, -0.05) is 19.1 Å². The molecule has 1 unspecified atom stereocenters. The Bertz CT molecular complexity index is 677. The summed E-state index contributed by atoms with van der Waals surface area (Å²) in [5.41, 5.74) is 3.16. The first kappa shape index (κ1) is 14.2. The number of nitrogens with zero attached hydrogens (tertiary/aromatic N) is 1. The molecule has 1 aromatic heterocycles. The third-order valence-corrected chi connectivity index (χ3v) is 4.49. The second kappa shape index (κ2) is 5.57. The molecule has 1 aromatic carbocycles. The zero-order chi connectivity index (χ0) is 15.0. The van der Waals surface area contributed by atoms with E-state index < -0.39 is 0 Å². The largest absolute Gasteiger partial charge is 0.464 e. The van der Waals surface area contributed by atoms with Gasteiger partial charge in [0.15, 0.2) is 0 Å². The van der Waals surface area contributed by atoms with Crippen LogP contribution in [0.2, 0.25) is 0 Å². The van der Waals surface area contributed by atoms with Crippen LogP contribution in [0.5, 0.6) is 0 Å². The predicted octanol–water partition coefficient (Wildman–Crippen LogP) is 4.08. The van der Waals surface area contributed by atoms with Crippen molar-refractivity contribution in [2.45, 2.75) is 31.6 Å². The number of benzene rings is 1. The average Bonchev–Trinajstić information content (AvgIpc) is 2.99. The van der Waals surface area contributed by atoms with Crippen molar-refractivity contribution in [1.82, 2.24) is 0 Å². The zero-order valence-corrected chi connectivity index (χ0v) is 13.0. The number of halogens is 1. The quantitative estimate of drug-likeness (QED) is 0.801. The molecule has 0 radical (unpaired) electrons. The molecule has 4 heteroatoms. The highest BCUT2D eigenvalue weighted by Gasteiger charge is 2.23. The van der Waals surface area contributed by atoms with Gasteiger partial charge in [0.25, 0.3) is 0 Å². The number of hydrogen-bond donors (Lipinski definition) is 0. The minimum absolute atomic E-state index is 0.163. The molecular formula is C17H18ClNO2. The lowest BCUT2D eigenvalue weighted by molar-refractivity contribution is -0.118. The zero-order valence-electron chi connectivity index (χ0n) is 12.2. The number of carbonyl (C=O) groups is 1. The molecule has 0 spiro atoms. The summed E-state index contributed by atoms with van der Waals surface area (Å²) in [4.78, 5) is 13.4. The topological polar surface area (TPSA) is 33.5 Å². The first-order valence-electron chi connectivity index (χ1n) is 7.22. The van der Waals surface area contributed by atoms with Crippen molar-refractivity contribution in [2.24, 2.45) is 0 Å². The van der Waals surface area contributed by atoms with Crippen LogP contribution in [0, 0.1) is 0 Å². The van der Waals surface area contributed by atoms with Crippen LogP contribution in [-0.4, -0.2) is 13.0 Å². The molecule has 3 nitrogen and oxygen atoms in total. The second-order valence-electron chi connectivity index (χ2n) is 5.36. The van der Waals surface area contributed by atoms with E-state index in [4.69, 9.17) is 16.0 Å². The van der Waals surface area contributed by atoms with Crippen LogP contribution in [0.25, 0.3) is 0 Å². The molecule has 110 valence electrons. The van der Waals surface area contributed by atoms with Crippen LogP contribution in [-0.2, 0) is 17.6 Å². The van der Waals surface area contributed by atoms with E-state index in [1.807, 2.05) is 31.3 Å². The van der Waals surface area contributed by atoms with Crippen molar-refractivity contribution in [3.63, 3.8) is 0 Å². The van der Waals surface area contributed by atoms with Gasteiger partial charge in [-0.05, 0) is 35.7 Å². The van der Waals surface area contributed by atoms with E-state index in [2.05, 4.69) is 13.0 Å². The van der Waals surface area contributed by atoms with E-state index >= 15 is 0 Å². The van der Waals surface area contributed by atoms with E-state index in [-0.39, 0.29) is 11.3 Å². The third-order valence-electron chi connectivity index (χ3n) is 4.02. The highest BCUT2D eigenvalue weighted by molar-refractivity contribution is 6.22. The van der Waals surface area contributed by atoms with Crippen LogP contribution in [0.4, 0.5) is 5.69 Å². The Morgan fingerprint density at radius 2 is 2.10 bits per heavy atom. The smallest absolute Gasteiger partial charge is 0.227 e. The maximum absolute atomic E-state index is 11.7. The Labute approximate surface area is 129 Å². The number of alkyl halides is 1. The first-order chi connectivity index (χ1) is 10.1. The van der Waals surface area contributed by atoms with Gasteiger partial charge in [0.2, 0.25) is 5.91 Å². The van der Waals surface area contributed by atoms with E-state index in [1.54, 1.807) is 4.90 Å². The molecule has 2 heterocycles. The molecule has 0 saturated heterocycles. The molecule has 1 atom stereocenters. The van der Waals surface area contributed by atoms with Crippen molar-refractivity contribution in [1.29, 1.82) is 0 Å². The molecule has 21 heavy (non-hydrogen) atoms. The Morgan fingerprint density at radius 1 is 1.29 bits per heavy atom. The normalized spacial score (nSPS) is 16.0. The van der Waals surface area contributed by atoms with Gasteiger partial charge >= 0.3 is 0 Å². The lowest BCUT2D eigenvalue weighted by atomic mass is 9.97. The number of furan rings is 1. The van der Waals surface area contributed by atoms with E-state index in [0.29, 0.717) is 6.42 Å². The van der Waals surface area contributed by atoms with Gasteiger partial charge in [0, 0.05) is 25.6 Å². The van der Waals surface area contributed by atoms with Crippen LogP contribution < -0.4 is 4.90 Å². The molecule has 2 aromatic rings. The van der Waals surface area contributed by atoms with Crippen molar-refractivity contribution >= 4 is 23.2 Å². The first-order valence-corrected chi connectivity index (χ1v) is 7.66. The molecule has 1 amide bonds. The predicted molar refractivity (Wildman–Crippen MR) is 84.0 cm³/mol. The Hall–Kier alpha value is -1.74. The molecule has 0 aliphatic carbocycles. The van der Waals surface area contributed by atoms with E-state index in [1.165, 1.54) is 5.56 Å². The van der Waals surface area contributed by atoms with Crippen molar-refractivity contribution < 1.29 is 9.21 Å². The molecule has 1 aliphatic rings. The van der Waals surface area contributed by atoms with Crippen LogP contribution in [0.1, 0.15) is 41.4 Å². The van der Waals surface area contributed by atoms with Gasteiger partial charge in [0.1, 0.15) is 16.9 Å². The summed E-state index contributed by atoms with van der Waals surface area (Å²) in [6, 6.07) is 9.94. The summed E-state index contributed by atoms with van der Waals surface area (Å²) in [5, 5.41) is -0.293. The third kappa shape index (κ3) is 2.58. The van der Waals surface area contributed by atoms with Crippen molar-refractivity contribution in [2.75, 3.05) is 11.9 Å². The molecule has 3 rings (SSSR count). The lowest BCUT2D eigenvalue weighted by Crippen LogP contribution is -2.31. The maximum Gasteiger partial charge on any atom is 0.227 e. The van der Waals surface area contributed by atoms with Gasteiger partial charge in [-0.3, -0.25) is 4.79 Å². The Morgan fingerprint density at radius 3 is 2.81 bits per heavy atom. The molecule has 0 N–H and O–H groups in total. The lowest BCUT2D eigenvalue weighted by Gasteiger charge is -2.26. The summed E-state index contributed by atoms with van der Waals surface area (Å²) >= 11 is 6.54. The van der Waals surface area contributed by atoms with E-state index in [9.17, 15) is 4.79 Å². The van der Waals surface area contributed by atoms with Gasteiger partial charge in [0.05, 0.1) is 0 Å². The number of amides is 1. The highest BCUT2D eigenvalue weighted by atomic mass is 35.5. The maximum atomic E-state index is 11.7. The van der Waals surface area contributed by atoms with Crippen molar-refractivity contribution in [3.8, 4) is 0 Å². The molecular weight excluding hydrogens is 286 g/mol. The van der Waals surface area contributed by atoms with Crippen molar-refractivity contribution in [3.05, 3.63) is 53.0 Å². The number of hydrogen-bond acceptors (Lipinski definition) is 2. The Balaban J connectivity index is 1.91. The Kier molecular flexibility index (Phi) is 3.77. The number of anilines is 1. The minimum Gasteiger partial charge on any atom is -0.464 e. The number of fused-ring (bicyclic) bond motifs is 1. The van der Waals surface area contributed by atoms with Crippen LogP contribution in [0.15, 0.2) is 34.7 Å². The summed E-state index contributed by atoms with van der Waals surface area (Å²) in [6.45, 7) is 2.05. The van der Waals surface area contributed by atoms with Gasteiger partial charge in [-0.25, -0.2) is 0 Å². The van der Waals surface area contributed by atoms with Gasteiger partial charge in [-0.15, -0.1) is 11.6 Å². The fraction of sp³-hybridized carbons (Fsp3) is 0.353. The summed E-state index contributed by atoms with van der Waals surface area (Å²) in [6.07, 6.45) is 2.19. The average molecular weight is 304 g/mol. The van der Waals surface area contributed by atoms with Gasteiger partial charge in [-0.2, -0.15) is 0 Å². The standard InChI is InChI=1S/C17H18ClNO2/c1-3-13-6-8-15(21-13)17(18)12-4-7-14-11(10-12)5-9-16(20)19(14)2/h4,6-8,10,17H,3,5,9H2,1-2H3. The van der Waals surface area contributed by atoms with Crippen LogP contribution >= 0.6 is 11.6 Å². The number of carbonyl (C=O) groups excluding carboxylic acids is 1. The highest BCUT2D eigenvalue weighted by Crippen LogP contribution is 2.35. The molecule has 0 bridgehead atoms. The monoisotopic (exact) mass is 303 g/mol. The molecule has 0 saturated carbocycles. The summed E-state index contributed by atoms with van der Waals surface area (Å²) < 4.78 is 5.73. The molecule has 1 aliphatic heterocycles. The summed E-state index contributed by atoms with van der Waals surface area (Å²) in [5.74, 6) is 1.88. The van der Waals surface area contributed by atoms with Crippen LogP contribution in [0.3, 0.4) is 0 Å². The number of aryl methyl sites for hydroxylation is 2. The minimum atomic E-state index is -0.293. The second-order valence-corrected chi connectivity index (χ2v) is 5.80. The van der Waals surface area contributed by atoms with Gasteiger partial charge < -0.3 is 9.32 Å². The SMILES string of the molecule is CCc1ccc(C(Cl)c2ccc3c(c2)CCC(=O)N3C)o1. The molecule has 0 fully saturated rings. The summed E-state index contributed by atoms with van der Waals surface area (Å²) in [7, 11) is 1.82. The fourth-order valence-electron chi connectivity index (χ4n) is 2.72. The number of rotatable bonds is 3.